The lowest BCUT2D eigenvalue weighted by Gasteiger charge is -2.16. The zero-order valence-electron chi connectivity index (χ0n) is 8.92. The maximum absolute atomic E-state index is 13.1. The molecule has 1 aromatic heterocycles. The highest BCUT2D eigenvalue weighted by molar-refractivity contribution is 14.1. The van der Waals surface area contributed by atoms with Gasteiger partial charge in [-0.25, -0.2) is 4.79 Å². The van der Waals surface area contributed by atoms with Crippen LogP contribution < -0.4 is 11.2 Å². The van der Waals surface area contributed by atoms with Gasteiger partial charge in [0.05, 0.1) is 22.8 Å². The van der Waals surface area contributed by atoms with E-state index >= 15 is 0 Å². The van der Waals surface area contributed by atoms with Crippen molar-refractivity contribution in [2.45, 2.75) is 22.4 Å². The third-order valence-electron chi connectivity index (χ3n) is 2.67. The predicted molar refractivity (Wildman–Crippen MR) is 66.1 cm³/mol. The number of aromatic amines is 1. The first-order valence-electron chi connectivity index (χ1n) is 5.05. The fourth-order valence-electron chi connectivity index (χ4n) is 1.74. The maximum atomic E-state index is 13.1. The summed E-state index contributed by atoms with van der Waals surface area (Å²) in [6.07, 6.45) is -2.21. The molecular formula is C9H10FIN2O5. The molecule has 7 nitrogen and oxygen atoms in total. The Balaban J connectivity index is 2.42. The molecule has 0 spiro atoms. The lowest BCUT2D eigenvalue weighted by atomic mass is 10.2. The lowest BCUT2D eigenvalue weighted by Crippen LogP contribution is -2.37. The highest BCUT2D eigenvalue weighted by atomic mass is 127. The Bertz CT molecular complexity index is 559. The van der Waals surface area contributed by atoms with Gasteiger partial charge in [0, 0.05) is 0 Å². The summed E-state index contributed by atoms with van der Waals surface area (Å²) in [7, 11) is 0. The second-order valence-corrected chi connectivity index (χ2v) is 5.26. The molecule has 100 valence electrons. The first-order valence-corrected chi connectivity index (χ1v) is 6.29. The van der Waals surface area contributed by atoms with Crippen molar-refractivity contribution in [2.75, 3.05) is 6.61 Å². The fourth-order valence-corrected chi connectivity index (χ4v) is 2.49. The molecule has 1 fully saturated rings. The number of H-pyrrole nitrogens is 1. The maximum Gasteiger partial charge on any atom is 0.330 e. The van der Waals surface area contributed by atoms with Gasteiger partial charge in [-0.1, -0.05) is 22.6 Å². The Hall–Kier alpha value is -0.780. The van der Waals surface area contributed by atoms with Gasteiger partial charge in [0.25, 0.3) is 5.56 Å². The van der Waals surface area contributed by atoms with Crippen molar-refractivity contribution < 1.29 is 19.3 Å². The first-order chi connectivity index (χ1) is 8.45. The van der Waals surface area contributed by atoms with Gasteiger partial charge in [0.2, 0.25) is 5.82 Å². The van der Waals surface area contributed by atoms with Crippen LogP contribution in [-0.4, -0.2) is 42.5 Å². The van der Waals surface area contributed by atoms with E-state index in [-0.39, 0.29) is 6.61 Å². The molecule has 1 aliphatic rings. The highest BCUT2D eigenvalue weighted by Gasteiger charge is 2.43. The summed E-state index contributed by atoms with van der Waals surface area (Å²) < 4.78 is 18.7. The van der Waals surface area contributed by atoms with Crippen molar-refractivity contribution in [3.05, 3.63) is 32.9 Å². The smallest absolute Gasteiger partial charge is 0.330 e. The van der Waals surface area contributed by atoms with Gasteiger partial charge in [-0.05, 0) is 0 Å². The summed E-state index contributed by atoms with van der Waals surface area (Å²) >= 11 is 1.87. The highest BCUT2D eigenvalue weighted by Crippen LogP contribution is 2.32. The van der Waals surface area contributed by atoms with Crippen molar-refractivity contribution in [2.24, 2.45) is 0 Å². The quantitative estimate of drug-likeness (QED) is 0.444. The topological polar surface area (TPSA) is 105 Å². The standard InChI is InChI=1S/C9H10FIN2O5/c10-3-1-13(9(17)12-7(3)16)8-6(15)5(11)4(2-14)18-8/h1,4-6,8,14-15H,2H2,(H,12,16,17)/t4-,5-,6-,8-/m1/s1. The molecule has 1 aliphatic heterocycles. The molecule has 2 rings (SSSR count). The number of hydrogen-bond donors (Lipinski definition) is 3. The van der Waals surface area contributed by atoms with Crippen LogP contribution in [0.5, 0.6) is 0 Å². The Morgan fingerprint density at radius 2 is 2.22 bits per heavy atom. The zero-order chi connectivity index (χ0) is 13.4. The van der Waals surface area contributed by atoms with E-state index in [1.165, 1.54) is 0 Å². The normalized spacial score (nSPS) is 31.8. The molecule has 1 aromatic rings. The van der Waals surface area contributed by atoms with Crippen LogP contribution in [0.25, 0.3) is 0 Å². The third kappa shape index (κ3) is 2.22. The van der Waals surface area contributed by atoms with Crippen LogP contribution in [0.15, 0.2) is 15.8 Å². The van der Waals surface area contributed by atoms with Gasteiger partial charge in [-0.2, -0.15) is 4.39 Å². The van der Waals surface area contributed by atoms with Gasteiger partial charge < -0.3 is 14.9 Å². The number of nitrogens with one attached hydrogen (secondary N) is 1. The van der Waals surface area contributed by atoms with Crippen LogP contribution in [0.3, 0.4) is 0 Å². The number of halogens is 2. The van der Waals surface area contributed by atoms with Gasteiger partial charge in [-0.3, -0.25) is 14.3 Å². The van der Waals surface area contributed by atoms with Crippen molar-refractivity contribution in [3.63, 3.8) is 0 Å². The molecule has 0 aromatic carbocycles. The number of nitrogens with zero attached hydrogens (tertiary/aromatic N) is 1. The predicted octanol–water partition coefficient (Wildman–Crippen LogP) is -1.27. The second-order valence-electron chi connectivity index (χ2n) is 3.83. The molecule has 3 N–H and O–H groups in total. The minimum Gasteiger partial charge on any atom is -0.394 e. The van der Waals surface area contributed by atoms with E-state index in [1.54, 1.807) is 4.98 Å². The van der Waals surface area contributed by atoms with E-state index in [4.69, 9.17) is 9.84 Å². The van der Waals surface area contributed by atoms with Crippen molar-refractivity contribution in [3.8, 4) is 0 Å². The average molecular weight is 372 g/mol. The van der Waals surface area contributed by atoms with Crippen LogP contribution in [0, 0.1) is 5.82 Å². The Labute approximate surface area is 113 Å². The van der Waals surface area contributed by atoms with Crippen LogP contribution in [0.1, 0.15) is 6.23 Å². The van der Waals surface area contributed by atoms with Crippen molar-refractivity contribution >= 4 is 22.6 Å². The van der Waals surface area contributed by atoms with Crippen molar-refractivity contribution in [1.82, 2.24) is 9.55 Å². The summed E-state index contributed by atoms with van der Waals surface area (Å²) in [5, 5.41) is 18.9. The molecule has 0 amide bonds. The monoisotopic (exact) mass is 372 g/mol. The summed E-state index contributed by atoms with van der Waals surface area (Å²) in [4.78, 5) is 24.2. The molecule has 2 heterocycles. The minimum atomic E-state index is -1.15. The van der Waals surface area contributed by atoms with E-state index in [1.807, 2.05) is 22.6 Å². The molecule has 9 heteroatoms. The molecule has 0 radical (unpaired) electrons. The lowest BCUT2D eigenvalue weighted by molar-refractivity contribution is -0.0534. The van der Waals surface area contributed by atoms with E-state index in [9.17, 15) is 19.1 Å². The van der Waals surface area contributed by atoms with Gasteiger partial charge in [0.1, 0.15) is 6.10 Å². The van der Waals surface area contributed by atoms with Gasteiger partial charge >= 0.3 is 5.69 Å². The van der Waals surface area contributed by atoms with Gasteiger partial charge in [0.15, 0.2) is 6.23 Å². The van der Waals surface area contributed by atoms with Crippen LogP contribution in [0.4, 0.5) is 4.39 Å². The zero-order valence-corrected chi connectivity index (χ0v) is 11.1. The summed E-state index contributed by atoms with van der Waals surface area (Å²) in [6.45, 7) is -0.332. The first kappa shape index (κ1) is 13.6. The Morgan fingerprint density at radius 3 is 2.78 bits per heavy atom. The molecule has 0 aliphatic carbocycles. The number of aliphatic hydroxyl groups excluding tert-OH is 2. The van der Waals surface area contributed by atoms with Crippen LogP contribution in [-0.2, 0) is 4.74 Å². The largest absolute Gasteiger partial charge is 0.394 e. The number of ether oxygens (including phenoxy) is 1. The van der Waals surface area contributed by atoms with E-state index in [0.29, 0.717) is 6.20 Å². The van der Waals surface area contributed by atoms with Crippen LogP contribution in [0.2, 0.25) is 0 Å². The number of aromatic nitrogens is 2. The number of hydrogen-bond acceptors (Lipinski definition) is 5. The van der Waals surface area contributed by atoms with Crippen LogP contribution >= 0.6 is 22.6 Å². The van der Waals surface area contributed by atoms with E-state index in [2.05, 4.69) is 0 Å². The summed E-state index contributed by atoms with van der Waals surface area (Å²) in [5.74, 6) is -1.15. The fraction of sp³-hybridized carbons (Fsp3) is 0.556. The molecule has 0 saturated carbocycles. The van der Waals surface area contributed by atoms with Crippen molar-refractivity contribution in [1.29, 1.82) is 0 Å². The molecule has 4 atom stereocenters. The second kappa shape index (κ2) is 5.07. The number of aliphatic hydroxyl groups is 2. The SMILES string of the molecule is O=c1[nH]c(=O)n([C@@H]2O[C@H](CO)[C@@H](I)[C@H]2O)cc1F. The minimum absolute atomic E-state index is 0.332. The van der Waals surface area contributed by atoms with Gasteiger partial charge in [-0.15, -0.1) is 0 Å². The summed E-state index contributed by atoms with van der Waals surface area (Å²) in [6, 6.07) is 0. The summed E-state index contributed by atoms with van der Waals surface area (Å²) in [5.41, 5.74) is -2.01. The number of alkyl halides is 1. The molecule has 1 saturated heterocycles. The third-order valence-corrected chi connectivity index (χ3v) is 4.21. The Kier molecular flexibility index (Phi) is 3.84. The Morgan fingerprint density at radius 1 is 1.56 bits per heavy atom. The molecule has 18 heavy (non-hydrogen) atoms. The van der Waals surface area contributed by atoms with E-state index in [0.717, 1.165) is 4.57 Å². The average Bonchev–Trinajstić information content (AvgIpc) is 2.61. The molecule has 0 bridgehead atoms. The molecular weight excluding hydrogens is 362 g/mol. The van der Waals surface area contributed by atoms with E-state index < -0.39 is 39.4 Å². The molecule has 0 unspecified atom stereocenters. The number of rotatable bonds is 2.